The fraction of sp³-hybridized carbons (Fsp3) is 0.100. The van der Waals surface area contributed by atoms with Crippen molar-refractivity contribution < 1.29 is 9.72 Å². The van der Waals surface area contributed by atoms with Crippen LogP contribution in [0, 0.1) is 10.1 Å². The molecule has 21 heavy (non-hydrogen) atoms. The summed E-state index contributed by atoms with van der Waals surface area (Å²) in [5, 5.41) is 19.9. The molecule has 1 amide bonds. The van der Waals surface area contributed by atoms with Gasteiger partial charge in [0.25, 0.3) is 5.69 Å². The predicted octanol–water partition coefficient (Wildman–Crippen LogP) is 2.75. The van der Waals surface area contributed by atoms with Crippen LogP contribution in [0.2, 0.25) is 10.0 Å². The Morgan fingerprint density at radius 3 is 2.62 bits per heavy atom. The summed E-state index contributed by atoms with van der Waals surface area (Å²) in [7, 11) is 0. The molecular weight excluding hydrogens is 341 g/mol. The van der Waals surface area contributed by atoms with E-state index in [9.17, 15) is 14.9 Å². The number of carbonyl (C=O) groups excluding carboxylic acids is 1. The van der Waals surface area contributed by atoms with Crippen LogP contribution >= 0.6 is 35.0 Å². The van der Waals surface area contributed by atoms with Crippen LogP contribution in [0.1, 0.15) is 0 Å². The minimum Gasteiger partial charge on any atom is -0.323 e. The molecule has 0 radical (unpaired) electrons. The molecular formula is C10H7Cl2N5O3S. The second kappa shape index (κ2) is 6.74. The van der Waals surface area contributed by atoms with E-state index in [-0.39, 0.29) is 33.1 Å². The van der Waals surface area contributed by atoms with Crippen molar-refractivity contribution in [3.63, 3.8) is 0 Å². The van der Waals surface area contributed by atoms with Gasteiger partial charge in [0.2, 0.25) is 5.91 Å². The lowest BCUT2D eigenvalue weighted by Gasteiger charge is -2.08. The number of amides is 1. The summed E-state index contributed by atoms with van der Waals surface area (Å²) in [6.45, 7) is 0. The average Bonchev–Trinajstić information content (AvgIpc) is 2.93. The van der Waals surface area contributed by atoms with Crippen molar-refractivity contribution in [3.8, 4) is 0 Å². The number of rotatable bonds is 5. The molecule has 11 heteroatoms. The van der Waals surface area contributed by atoms with Gasteiger partial charge in [-0.3, -0.25) is 20.0 Å². The predicted molar refractivity (Wildman–Crippen MR) is 78.9 cm³/mol. The molecule has 2 aromatic rings. The number of aromatic nitrogens is 3. The van der Waals surface area contributed by atoms with Gasteiger partial charge < -0.3 is 5.32 Å². The van der Waals surface area contributed by atoms with E-state index in [1.165, 1.54) is 6.33 Å². The highest BCUT2D eigenvalue weighted by Gasteiger charge is 2.16. The Balaban J connectivity index is 2.05. The summed E-state index contributed by atoms with van der Waals surface area (Å²) in [5.41, 5.74) is -0.119. The molecule has 0 unspecified atom stereocenters. The number of nitrogens with one attached hydrogen (secondary N) is 2. The number of benzene rings is 1. The van der Waals surface area contributed by atoms with Gasteiger partial charge in [0.05, 0.1) is 26.4 Å². The lowest BCUT2D eigenvalue weighted by Crippen LogP contribution is -2.15. The molecule has 8 nitrogen and oxygen atoms in total. The number of nitrogens with zero attached hydrogens (tertiary/aromatic N) is 3. The monoisotopic (exact) mass is 347 g/mol. The van der Waals surface area contributed by atoms with Gasteiger partial charge in [-0.2, -0.15) is 5.10 Å². The second-order valence-corrected chi connectivity index (χ2v) is 5.45. The third kappa shape index (κ3) is 4.06. The third-order valence-corrected chi connectivity index (χ3v) is 3.71. The number of thioether (sulfide) groups is 1. The van der Waals surface area contributed by atoms with E-state index in [1.54, 1.807) is 0 Å². The number of halogens is 2. The van der Waals surface area contributed by atoms with Crippen LogP contribution in [0.25, 0.3) is 0 Å². The van der Waals surface area contributed by atoms with Crippen molar-refractivity contribution in [2.45, 2.75) is 5.16 Å². The smallest absolute Gasteiger partial charge is 0.272 e. The van der Waals surface area contributed by atoms with Crippen molar-refractivity contribution in [1.82, 2.24) is 15.2 Å². The van der Waals surface area contributed by atoms with Gasteiger partial charge in [-0.1, -0.05) is 35.0 Å². The zero-order chi connectivity index (χ0) is 15.4. The Bertz CT molecular complexity index is 656. The van der Waals surface area contributed by atoms with E-state index in [0.717, 1.165) is 23.9 Å². The summed E-state index contributed by atoms with van der Waals surface area (Å²) < 4.78 is 0. The molecule has 0 aliphatic carbocycles. The van der Waals surface area contributed by atoms with Crippen LogP contribution < -0.4 is 5.32 Å². The van der Waals surface area contributed by atoms with Gasteiger partial charge >= 0.3 is 0 Å². The zero-order valence-electron chi connectivity index (χ0n) is 10.2. The number of H-pyrrole nitrogens is 1. The molecule has 0 fully saturated rings. The Kier molecular flexibility index (Phi) is 4.99. The molecule has 0 atom stereocenters. The fourth-order valence-electron chi connectivity index (χ4n) is 1.36. The van der Waals surface area contributed by atoms with Crippen molar-refractivity contribution in [2.24, 2.45) is 0 Å². The number of hydrogen-bond donors (Lipinski definition) is 2. The van der Waals surface area contributed by atoms with Crippen LogP contribution in [-0.2, 0) is 4.79 Å². The van der Waals surface area contributed by atoms with Gasteiger partial charge in [0.15, 0.2) is 5.16 Å². The summed E-state index contributed by atoms with van der Waals surface area (Å²) in [6, 6.07) is 2.24. The molecule has 1 aromatic carbocycles. The first-order valence-corrected chi connectivity index (χ1v) is 7.13. The standard InChI is InChI=1S/C10H7Cl2N5O3S/c11-6-1-5(17(19)20)2-7(12)9(6)15-8(18)3-21-10-13-4-14-16-10/h1-2,4H,3H2,(H,15,18)(H,13,14,16). The van der Waals surface area contributed by atoms with Gasteiger partial charge in [0.1, 0.15) is 6.33 Å². The highest BCUT2D eigenvalue weighted by molar-refractivity contribution is 7.99. The second-order valence-electron chi connectivity index (χ2n) is 3.67. The van der Waals surface area contributed by atoms with E-state index in [4.69, 9.17) is 23.2 Å². The molecule has 0 saturated carbocycles. The van der Waals surface area contributed by atoms with Gasteiger partial charge in [-0.15, -0.1) is 0 Å². The minimum absolute atomic E-state index is 0.00721. The lowest BCUT2D eigenvalue weighted by molar-refractivity contribution is -0.384. The van der Waals surface area contributed by atoms with Crippen LogP contribution in [0.15, 0.2) is 23.6 Å². The number of hydrogen-bond acceptors (Lipinski definition) is 6. The molecule has 2 N–H and O–H groups in total. The number of carbonyl (C=O) groups is 1. The highest BCUT2D eigenvalue weighted by atomic mass is 35.5. The quantitative estimate of drug-likeness (QED) is 0.488. The van der Waals surface area contributed by atoms with Crippen molar-refractivity contribution >= 4 is 52.2 Å². The first-order valence-electron chi connectivity index (χ1n) is 5.39. The lowest BCUT2D eigenvalue weighted by atomic mass is 10.3. The summed E-state index contributed by atoms with van der Waals surface area (Å²) in [4.78, 5) is 25.7. The Hall–Kier alpha value is -1.84. The van der Waals surface area contributed by atoms with Gasteiger partial charge in [-0.05, 0) is 0 Å². The SMILES string of the molecule is O=C(CSc1ncn[nH]1)Nc1c(Cl)cc([N+](=O)[O-])cc1Cl. The Morgan fingerprint density at radius 1 is 1.43 bits per heavy atom. The Labute approximate surface area is 132 Å². The maximum atomic E-state index is 11.8. The molecule has 0 aliphatic rings. The van der Waals surface area contributed by atoms with Crippen molar-refractivity contribution in [1.29, 1.82) is 0 Å². The Morgan fingerprint density at radius 2 is 2.10 bits per heavy atom. The molecule has 110 valence electrons. The first kappa shape index (κ1) is 15.5. The van der Waals surface area contributed by atoms with E-state index >= 15 is 0 Å². The maximum Gasteiger partial charge on any atom is 0.272 e. The fourth-order valence-corrected chi connectivity index (χ4v) is 2.51. The minimum atomic E-state index is -0.622. The van der Waals surface area contributed by atoms with Crippen molar-refractivity contribution in [2.75, 3.05) is 11.1 Å². The normalized spacial score (nSPS) is 10.4. The molecule has 1 aromatic heterocycles. The number of non-ortho nitro benzene ring substituents is 1. The third-order valence-electron chi connectivity index (χ3n) is 2.24. The topological polar surface area (TPSA) is 114 Å². The zero-order valence-corrected chi connectivity index (χ0v) is 12.5. The number of anilines is 1. The molecule has 0 bridgehead atoms. The van der Waals surface area contributed by atoms with Crippen molar-refractivity contribution in [3.05, 3.63) is 38.6 Å². The summed E-state index contributed by atoms with van der Waals surface area (Å²) in [6.07, 6.45) is 1.32. The van der Waals surface area contributed by atoms with Gasteiger partial charge in [-0.25, -0.2) is 4.98 Å². The number of nitro groups is 1. The van der Waals surface area contributed by atoms with Crippen LogP contribution in [0.4, 0.5) is 11.4 Å². The van der Waals surface area contributed by atoms with Crippen LogP contribution in [0.3, 0.4) is 0 Å². The van der Waals surface area contributed by atoms with E-state index in [2.05, 4.69) is 20.5 Å². The maximum absolute atomic E-state index is 11.8. The number of nitro benzene ring substituents is 1. The molecule has 0 saturated heterocycles. The van der Waals surface area contributed by atoms with E-state index < -0.39 is 4.92 Å². The number of aromatic amines is 1. The van der Waals surface area contributed by atoms with E-state index in [0.29, 0.717) is 5.16 Å². The first-order chi connectivity index (χ1) is 9.97. The molecule has 1 heterocycles. The summed E-state index contributed by atoms with van der Waals surface area (Å²) >= 11 is 12.9. The molecule has 2 rings (SSSR count). The largest absolute Gasteiger partial charge is 0.323 e. The average molecular weight is 348 g/mol. The summed E-state index contributed by atoms with van der Waals surface area (Å²) in [5.74, 6) is -0.326. The molecule has 0 aliphatic heterocycles. The van der Waals surface area contributed by atoms with E-state index in [1.807, 2.05) is 0 Å². The molecule has 0 spiro atoms. The highest BCUT2D eigenvalue weighted by Crippen LogP contribution is 2.34. The van der Waals surface area contributed by atoms with Crippen LogP contribution in [0.5, 0.6) is 0 Å². The van der Waals surface area contributed by atoms with Crippen LogP contribution in [-0.4, -0.2) is 31.8 Å². The van der Waals surface area contributed by atoms with Gasteiger partial charge in [0, 0.05) is 12.1 Å².